The van der Waals surface area contributed by atoms with E-state index in [4.69, 9.17) is 5.26 Å². The number of nitrogens with one attached hydrogen (secondary N) is 1. The van der Waals surface area contributed by atoms with E-state index < -0.39 is 22.9 Å². The van der Waals surface area contributed by atoms with Crippen molar-refractivity contribution in [3.05, 3.63) is 68.0 Å². The summed E-state index contributed by atoms with van der Waals surface area (Å²) in [6, 6.07) is 4.72. The Hall–Kier alpha value is -2.75. The van der Waals surface area contributed by atoms with Crippen LogP contribution in [-0.2, 0) is 13.0 Å². The average molecular weight is 277 g/mol. The van der Waals surface area contributed by atoms with E-state index >= 15 is 0 Å². The molecule has 0 radical (unpaired) electrons. The highest BCUT2D eigenvalue weighted by Gasteiger charge is 2.05. The van der Waals surface area contributed by atoms with Crippen molar-refractivity contribution in [2.75, 3.05) is 0 Å². The van der Waals surface area contributed by atoms with Crippen molar-refractivity contribution >= 4 is 0 Å². The molecule has 0 atom stereocenters. The van der Waals surface area contributed by atoms with E-state index in [1.807, 2.05) is 4.98 Å². The number of H-pyrrole nitrogens is 1. The molecule has 20 heavy (non-hydrogen) atoms. The second-order valence-corrected chi connectivity index (χ2v) is 4.13. The number of aromatic nitrogens is 2. The predicted octanol–water partition coefficient (Wildman–Crippen LogP) is 0.929. The monoisotopic (exact) mass is 277 g/mol. The molecule has 0 saturated carbocycles. The number of halogens is 2. The Labute approximate surface area is 111 Å². The summed E-state index contributed by atoms with van der Waals surface area (Å²) in [7, 11) is 0. The zero-order valence-corrected chi connectivity index (χ0v) is 10.2. The third-order valence-corrected chi connectivity index (χ3v) is 2.70. The van der Waals surface area contributed by atoms with Crippen molar-refractivity contribution in [1.29, 1.82) is 5.26 Å². The number of hydrogen-bond acceptors (Lipinski definition) is 3. The largest absolute Gasteiger partial charge is 0.328 e. The minimum atomic E-state index is -0.759. The molecule has 0 saturated heterocycles. The number of nitriles is 1. The highest BCUT2D eigenvalue weighted by Crippen LogP contribution is 2.09. The normalized spacial score (nSPS) is 10.2. The zero-order valence-electron chi connectivity index (χ0n) is 10.2. The second-order valence-electron chi connectivity index (χ2n) is 4.13. The van der Waals surface area contributed by atoms with Crippen LogP contribution in [0.4, 0.5) is 8.78 Å². The molecule has 0 unspecified atom stereocenters. The fourth-order valence-corrected chi connectivity index (χ4v) is 1.76. The molecule has 1 heterocycles. The van der Waals surface area contributed by atoms with Crippen molar-refractivity contribution in [3.63, 3.8) is 0 Å². The lowest BCUT2D eigenvalue weighted by molar-refractivity contribution is 0.574. The van der Waals surface area contributed by atoms with E-state index in [1.54, 1.807) is 6.07 Å². The fraction of sp³-hybridized carbons (Fsp3) is 0.154. The van der Waals surface area contributed by atoms with E-state index in [2.05, 4.69) is 0 Å². The number of aryl methyl sites for hydroxylation is 2. The van der Waals surface area contributed by atoms with Gasteiger partial charge < -0.3 is 0 Å². The van der Waals surface area contributed by atoms with Crippen molar-refractivity contribution in [1.82, 2.24) is 9.55 Å². The van der Waals surface area contributed by atoms with E-state index in [-0.39, 0.29) is 18.5 Å². The van der Waals surface area contributed by atoms with E-state index in [9.17, 15) is 18.4 Å². The Kier molecular flexibility index (Phi) is 3.75. The van der Waals surface area contributed by atoms with Crippen molar-refractivity contribution in [2.45, 2.75) is 13.0 Å². The first-order valence-corrected chi connectivity index (χ1v) is 5.68. The fourth-order valence-electron chi connectivity index (χ4n) is 1.76. The molecule has 1 aromatic heterocycles. The Morgan fingerprint density at radius 1 is 1.20 bits per heavy atom. The highest BCUT2D eigenvalue weighted by molar-refractivity contribution is 5.22. The maximum Gasteiger partial charge on any atom is 0.328 e. The molecule has 2 aromatic rings. The first-order valence-electron chi connectivity index (χ1n) is 5.68. The molecule has 0 aliphatic heterocycles. The first-order chi connectivity index (χ1) is 9.49. The summed E-state index contributed by atoms with van der Waals surface area (Å²) in [5.41, 5.74) is -1.26. The van der Waals surface area contributed by atoms with Crippen LogP contribution in [0, 0.1) is 23.0 Å². The van der Waals surface area contributed by atoms with Gasteiger partial charge in [0, 0.05) is 18.8 Å². The molecule has 0 fully saturated rings. The highest BCUT2D eigenvalue weighted by atomic mass is 19.1. The molecule has 102 valence electrons. The molecule has 0 aliphatic carbocycles. The number of aromatic amines is 1. The van der Waals surface area contributed by atoms with Gasteiger partial charge in [-0.25, -0.2) is 13.6 Å². The Morgan fingerprint density at radius 3 is 2.45 bits per heavy atom. The summed E-state index contributed by atoms with van der Waals surface area (Å²) in [5.74, 6) is -1.40. The standard InChI is InChI=1S/C13H9F2N3O2/c14-10-3-8(4-11(15)5-10)1-2-18-7-9(6-16)12(19)17-13(18)20/h3-5,7H,1-2H2,(H,17,19,20). The van der Waals surface area contributed by atoms with Gasteiger partial charge in [0.1, 0.15) is 23.3 Å². The number of benzene rings is 1. The van der Waals surface area contributed by atoms with Crippen molar-refractivity contribution < 1.29 is 8.78 Å². The molecule has 2 rings (SSSR count). The number of rotatable bonds is 3. The predicted molar refractivity (Wildman–Crippen MR) is 66.1 cm³/mol. The Bertz CT molecular complexity index is 782. The maximum absolute atomic E-state index is 13.0. The van der Waals surface area contributed by atoms with Crippen molar-refractivity contribution in [3.8, 4) is 6.07 Å². The molecule has 0 amide bonds. The molecule has 0 bridgehead atoms. The maximum atomic E-state index is 13.0. The third-order valence-electron chi connectivity index (χ3n) is 2.70. The second kappa shape index (κ2) is 5.48. The lowest BCUT2D eigenvalue weighted by Gasteiger charge is -2.06. The van der Waals surface area contributed by atoms with E-state index in [1.165, 1.54) is 0 Å². The van der Waals surface area contributed by atoms with Crippen LogP contribution >= 0.6 is 0 Å². The molecule has 1 aromatic carbocycles. The van der Waals surface area contributed by atoms with Gasteiger partial charge in [0.15, 0.2) is 0 Å². The summed E-state index contributed by atoms with van der Waals surface area (Å²) < 4.78 is 27.1. The summed E-state index contributed by atoms with van der Waals surface area (Å²) >= 11 is 0. The SMILES string of the molecule is N#Cc1cn(CCc2cc(F)cc(F)c2)c(=O)[nH]c1=O. The van der Waals surface area contributed by atoms with Crippen LogP contribution in [0.25, 0.3) is 0 Å². The van der Waals surface area contributed by atoms with Gasteiger partial charge in [0.2, 0.25) is 0 Å². The minimum absolute atomic E-state index is 0.0905. The molecule has 7 heteroatoms. The van der Waals surface area contributed by atoms with Crippen molar-refractivity contribution in [2.24, 2.45) is 0 Å². The van der Waals surface area contributed by atoms with Gasteiger partial charge >= 0.3 is 5.69 Å². The number of hydrogen-bond donors (Lipinski definition) is 1. The van der Waals surface area contributed by atoms with E-state index in [0.29, 0.717) is 5.56 Å². The minimum Gasteiger partial charge on any atom is -0.299 e. The molecule has 0 spiro atoms. The summed E-state index contributed by atoms with van der Waals surface area (Å²) in [4.78, 5) is 24.7. The topological polar surface area (TPSA) is 78.7 Å². The lowest BCUT2D eigenvalue weighted by Crippen LogP contribution is -2.31. The van der Waals surface area contributed by atoms with Gasteiger partial charge in [0.05, 0.1) is 0 Å². The van der Waals surface area contributed by atoms with Crippen LogP contribution in [-0.4, -0.2) is 9.55 Å². The van der Waals surface area contributed by atoms with Gasteiger partial charge in [-0.3, -0.25) is 14.3 Å². The van der Waals surface area contributed by atoms with Crippen LogP contribution in [0.2, 0.25) is 0 Å². The summed E-state index contributed by atoms with van der Waals surface area (Å²) in [6.07, 6.45) is 1.31. The summed E-state index contributed by atoms with van der Waals surface area (Å²) in [5, 5.41) is 8.71. The van der Waals surface area contributed by atoms with Gasteiger partial charge in [-0.1, -0.05) is 0 Å². The third kappa shape index (κ3) is 2.98. The quantitative estimate of drug-likeness (QED) is 0.906. The smallest absolute Gasteiger partial charge is 0.299 e. The van der Waals surface area contributed by atoms with Crippen LogP contribution in [0.3, 0.4) is 0 Å². The van der Waals surface area contributed by atoms with Crippen LogP contribution in [0.1, 0.15) is 11.1 Å². The molecular formula is C13H9F2N3O2. The van der Waals surface area contributed by atoms with Gasteiger partial charge in [0.25, 0.3) is 5.56 Å². The Morgan fingerprint density at radius 2 is 1.85 bits per heavy atom. The van der Waals surface area contributed by atoms with Crippen LogP contribution in [0.5, 0.6) is 0 Å². The molecule has 0 aliphatic rings. The zero-order chi connectivity index (χ0) is 14.7. The van der Waals surface area contributed by atoms with Crippen LogP contribution in [0.15, 0.2) is 34.0 Å². The molecule has 5 nitrogen and oxygen atoms in total. The van der Waals surface area contributed by atoms with Gasteiger partial charge in [-0.2, -0.15) is 5.26 Å². The molecular weight excluding hydrogens is 268 g/mol. The Balaban J connectivity index is 2.25. The molecule has 1 N–H and O–H groups in total. The first kappa shape index (κ1) is 13.7. The average Bonchev–Trinajstić information content (AvgIpc) is 2.36. The van der Waals surface area contributed by atoms with Gasteiger partial charge in [-0.15, -0.1) is 0 Å². The summed E-state index contributed by atoms with van der Waals surface area (Å²) in [6.45, 7) is 0.0905. The lowest BCUT2D eigenvalue weighted by atomic mass is 10.1. The number of nitrogens with zero attached hydrogens (tertiary/aromatic N) is 2. The van der Waals surface area contributed by atoms with Crippen LogP contribution < -0.4 is 11.2 Å². The van der Waals surface area contributed by atoms with Gasteiger partial charge in [-0.05, 0) is 24.1 Å². The van der Waals surface area contributed by atoms with E-state index in [0.717, 1.165) is 29.0 Å².